The van der Waals surface area contributed by atoms with Gasteiger partial charge < -0.3 is 20.4 Å². The van der Waals surface area contributed by atoms with E-state index in [-0.39, 0.29) is 11.7 Å². The number of carbonyl (C=O) groups is 1. The predicted octanol–water partition coefficient (Wildman–Crippen LogP) is 1.85. The number of piperazine rings is 1. The summed E-state index contributed by atoms with van der Waals surface area (Å²) < 4.78 is 13.1. The number of hydrogen-bond acceptors (Lipinski definition) is 3. The molecule has 0 saturated carbocycles. The normalized spacial score (nSPS) is 17.2. The fraction of sp³-hybridized carbons (Fsp3) is 0.333. The zero-order chi connectivity index (χ0) is 19.5. The van der Waals surface area contributed by atoms with Gasteiger partial charge in [0.2, 0.25) is 5.91 Å². The monoisotopic (exact) mass is 381 g/mol. The maximum atomic E-state index is 13.1. The molecule has 0 bridgehead atoms. The third-order valence-corrected chi connectivity index (χ3v) is 5.32. The number of para-hydroxylation sites is 1. The molecule has 1 saturated heterocycles. The summed E-state index contributed by atoms with van der Waals surface area (Å²) in [6, 6.07) is 14.4. The van der Waals surface area contributed by atoms with E-state index in [2.05, 4.69) is 14.8 Å². The first-order valence-electron chi connectivity index (χ1n) is 9.55. The van der Waals surface area contributed by atoms with Crippen molar-refractivity contribution in [2.24, 2.45) is 10.7 Å². The van der Waals surface area contributed by atoms with Crippen molar-refractivity contribution in [1.29, 1.82) is 0 Å². The van der Waals surface area contributed by atoms with Crippen LogP contribution in [0.25, 0.3) is 0 Å². The van der Waals surface area contributed by atoms with Crippen LogP contribution in [-0.4, -0.2) is 56.0 Å². The minimum atomic E-state index is -0.224. The zero-order valence-electron chi connectivity index (χ0n) is 15.7. The van der Waals surface area contributed by atoms with E-state index >= 15 is 0 Å². The average molecular weight is 381 g/mol. The third kappa shape index (κ3) is 3.78. The summed E-state index contributed by atoms with van der Waals surface area (Å²) in [5.74, 6) is 0.402. The first-order valence-corrected chi connectivity index (χ1v) is 9.55. The number of fused-ring (bicyclic) bond motifs is 1. The molecule has 0 radical (unpaired) electrons. The fourth-order valence-corrected chi connectivity index (χ4v) is 3.77. The van der Waals surface area contributed by atoms with Gasteiger partial charge in [-0.2, -0.15) is 0 Å². The highest BCUT2D eigenvalue weighted by atomic mass is 19.1. The van der Waals surface area contributed by atoms with E-state index in [1.54, 1.807) is 17.0 Å². The minimum Gasteiger partial charge on any atom is -0.370 e. The molecule has 4 rings (SSSR count). The lowest BCUT2D eigenvalue weighted by Gasteiger charge is -2.36. The van der Waals surface area contributed by atoms with E-state index in [1.807, 2.05) is 24.3 Å². The van der Waals surface area contributed by atoms with Gasteiger partial charge >= 0.3 is 0 Å². The van der Waals surface area contributed by atoms with Crippen molar-refractivity contribution in [3.05, 3.63) is 59.9 Å². The van der Waals surface area contributed by atoms with Crippen molar-refractivity contribution in [3.63, 3.8) is 0 Å². The van der Waals surface area contributed by atoms with Gasteiger partial charge in [0, 0.05) is 44.1 Å². The molecule has 0 atom stereocenters. The molecule has 2 N–H and O–H groups in total. The molecule has 2 aliphatic heterocycles. The molecule has 146 valence electrons. The lowest BCUT2D eigenvalue weighted by Crippen LogP contribution is -2.51. The van der Waals surface area contributed by atoms with E-state index in [4.69, 9.17) is 5.73 Å². The Hall–Kier alpha value is -3.09. The molecule has 2 aliphatic rings. The highest BCUT2D eigenvalue weighted by Crippen LogP contribution is 2.27. The van der Waals surface area contributed by atoms with Crippen LogP contribution in [0.2, 0.25) is 0 Å². The topological polar surface area (TPSA) is 65.2 Å². The van der Waals surface area contributed by atoms with Crippen LogP contribution in [0, 0.1) is 5.82 Å². The predicted molar refractivity (Wildman–Crippen MR) is 109 cm³/mol. The molecule has 2 aromatic rings. The van der Waals surface area contributed by atoms with Crippen LogP contribution in [0.1, 0.15) is 5.56 Å². The van der Waals surface area contributed by atoms with Gasteiger partial charge in [0.05, 0.1) is 13.0 Å². The lowest BCUT2D eigenvalue weighted by molar-refractivity contribution is -0.117. The lowest BCUT2D eigenvalue weighted by atomic mass is 10.2. The quantitative estimate of drug-likeness (QED) is 0.649. The van der Waals surface area contributed by atoms with Gasteiger partial charge in [0.15, 0.2) is 5.96 Å². The second kappa shape index (κ2) is 7.88. The maximum Gasteiger partial charge on any atom is 0.231 e. The number of anilines is 2. The van der Waals surface area contributed by atoms with E-state index in [1.165, 1.54) is 12.1 Å². The number of nitrogens with two attached hydrogens (primary N) is 1. The molecule has 0 unspecified atom stereocenters. The Morgan fingerprint density at radius 2 is 1.75 bits per heavy atom. The van der Waals surface area contributed by atoms with Gasteiger partial charge in [-0.3, -0.25) is 9.79 Å². The number of rotatable bonds is 4. The van der Waals surface area contributed by atoms with Crippen molar-refractivity contribution in [3.8, 4) is 0 Å². The third-order valence-electron chi connectivity index (χ3n) is 5.32. The molecule has 2 aromatic carbocycles. The molecule has 6 nitrogen and oxygen atoms in total. The number of aliphatic imine (C=N–C) groups is 1. The first kappa shape index (κ1) is 18.3. The van der Waals surface area contributed by atoms with Crippen molar-refractivity contribution in [2.45, 2.75) is 6.42 Å². The van der Waals surface area contributed by atoms with Gasteiger partial charge in [0.1, 0.15) is 5.82 Å². The molecule has 0 spiro atoms. The van der Waals surface area contributed by atoms with E-state index in [9.17, 15) is 9.18 Å². The summed E-state index contributed by atoms with van der Waals surface area (Å²) in [5.41, 5.74) is 9.24. The smallest absolute Gasteiger partial charge is 0.231 e. The van der Waals surface area contributed by atoms with Gasteiger partial charge in [-0.05, 0) is 35.9 Å². The van der Waals surface area contributed by atoms with Crippen molar-refractivity contribution >= 4 is 23.2 Å². The molecular formula is C21H24FN5O. The Kier molecular flexibility index (Phi) is 5.14. The Bertz CT molecular complexity index is 875. The number of nitrogens with zero attached hydrogens (tertiary/aromatic N) is 4. The number of hydrogen-bond donors (Lipinski definition) is 1. The number of guanidine groups is 1. The van der Waals surface area contributed by atoms with Crippen molar-refractivity contribution in [2.75, 3.05) is 49.1 Å². The number of carbonyl (C=O) groups excluding carboxylic acids is 1. The SMILES string of the molecule is NC(=NCCN1C(=O)Cc2ccccc21)N1CCN(c2ccc(F)cc2)CC1. The number of benzene rings is 2. The summed E-state index contributed by atoms with van der Waals surface area (Å²) in [5, 5.41) is 0. The first-order chi connectivity index (χ1) is 13.6. The molecule has 1 amide bonds. The molecule has 1 fully saturated rings. The Morgan fingerprint density at radius 1 is 1.04 bits per heavy atom. The highest BCUT2D eigenvalue weighted by molar-refractivity contribution is 6.01. The molecule has 0 aliphatic carbocycles. The summed E-state index contributed by atoms with van der Waals surface area (Å²) >= 11 is 0. The van der Waals surface area contributed by atoms with Crippen LogP contribution in [0.5, 0.6) is 0 Å². The van der Waals surface area contributed by atoms with Gasteiger partial charge in [-0.25, -0.2) is 4.39 Å². The zero-order valence-corrected chi connectivity index (χ0v) is 15.7. The fourth-order valence-electron chi connectivity index (χ4n) is 3.77. The van der Waals surface area contributed by atoms with Gasteiger partial charge in [0.25, 0.3) is 0 Å². The van der Waals surface area contributed by atoms with Gasteiger partial charge in [-0.15, -0.1) is 0 Å². The second-order valence-corrected chi connectivity index (χ2v) is 7.04. The molecule has 2 heterocycles. The largest absolute Gasteiger partial charge is 0.370 e. The summed E-state index contributed by atoms with van der Waals surface area (Å²) in [4.78, 5) is 22.8. The summed E-state index contributed by atoms with van der Waals surface area (Å²) in [6.45, 7) is 4.15. The number of halogens is 1. The molecule has 7 heteroatoms. The average Bonchev–Trinajstić information content (AvgIpc) is 3.04. The van der Waals surface area contributed by atoms with Crippen LogP contribution in [0.3, 0.4) is 0 Å². The Balaban J connectivity index is 1.29. The van der Waals surface area contributed by atoms with E-state index in [0.29, 0.717) is 25.5 Å². The molecule has 28 heavy (non-hydrogen) atoms. The van der Waals surface area contributed by atoms with Crippen LogP contribution in [-0.2, 0) is 11.2 Å². The Labute approximate surface area is 164 Å². The van der Waals surface area contributed by atoms with E-state index < -0.39 is 0 Å². The number of amides is 1. The van der Waals surface area contributed by atoms with Crippen LogP contribution >= 0.6 is 0 Å². The molecular weight excluding hydrogens is 357 g/mol. The standard InChI is InChI=1S/C21H24FN5O/c22-17-5-7-18(8-6-17)25-11-13-26(14-12-25)21(23)24-9-10-27-19-4-2-1-3-16(19)15-20(27)28/h1-8H,9-15H2,(H2,23,24). The van der Waals surface area contributed by atoms with E-state index in [0.717, 1.165) is 43.1 Å². The van der Waals surface area contributed by atoms with Crippen molar-refractivity contribution < 1.29 is 9.18 Å². The van der Waals surface area contributed by atoms with Crippen LogP contribution in [0.15, 0.2) is 53.5 Å². The maximum absolute atomic E-state index is 13.1. The second-order valence-electron chi connectivity index (χ2n) is 7.04. The summed E-state index contributed by atoms with van der Waals surface area (Å²) in [7, 11) is 0. The summed E-state index contributed by atoms with van der Waals surface area (Å²) in [6.07, 6.45) is 0.459. The van der Waals surface area contributed by atoms with Crippen LogP contribution < -0.4 is 15.5 Å². The van der Waals surface area contributed by atoms with Gasteiger partial charge in [-0.1, -0.05) is 18.2 Å². The minimum absolute atomic E-state index is 0.114. The van der Waals surface area contributed by atoms with Crippen molar-refractivity contribution in [1.82, 2.24) is 4.90 Å². The molecule has 0 aromatic heterocycles. The Morgan fingerprint density at radius 3 is 2.50 bits per heavy atom. The highest BCUT2D eigenvalue weighted by Gasteiger charge is 2.26. The van der Waals surface area contributed by atoms with Crippen LogP contribution in [0.4, 0.5) is 15.8 Å².